The van der Waals surface area contributed by atoms with E-state index in [1.165, 1.54) is 11.8 Å². The number of rotatable bonds is 17. The van der Waals surface area contributed by atoms with Crippen molar-refractivity contribution in [1.29, 1.82) is 0 Å². The van der Waals surface area contributed by atoms with E-state index in [9.17, 15) is 33.9 Å². The second kappa shape index (κ2) is 15.9. The monoisotopic (exact) mass is 505 g/mol. The average molecular weight is 506 g/mol. The van der Waals surface area contributed by atoms with Crippen LogP contribution in [0, 0.1) is 5.92 Å². The molecule has 13 nitrogen and oxygen atoms in total. The Hall–Kier alpha value is -2.87. The van der Waals surface area contributed by atoms with Crippen LogP contribution >= 0.6 is 11.8 Å². The Morgan fingerprint density at radius 2 is 1.50 bits per heavy atom. The normalized spacial score (nSPS) is 15.2. The van der Waals surface area contributed by atoms with Crippen LogP contribution in [0.5, 0.6) is 0 Å². The number of amides is 4. The van der Waals surface area contributed by atoms with Gasteiger partial charge in [0.05, 0.1) is 12.5 Å². The van der Waals surface area contributed by atoms with Crippen LogP contribution in [0.3, 0.4) is 0 Å². The molecule has 14 heteroatoms. The number of nitrogens with two attached hydrogens (primary N) is 2. The molecule has 4 amide bonds. The van der Waals surface area contributed by atoms with Gasteiger partial charge in [0.15, 0.2) is 0 Å². The molecule has 0 aromatic rings. The zero-order valence-electron chi connectivity index (χ0n) is 19.5. The van der Waals surface area contributed by atoms with Crippen LogP contribution in [0.15, 0.2) is 0 Å². The molecule has 5 atom stereocenters. The number of carbonyl (C=O) groups is 6. The molecule has 0 fully saturated rings. The molecule has 0 aromatic carbocycles. The largest absolute Gasteiger partial charge is 0.481 e. The molecule has 0 aromatic heterocycles. The van der Waals surface area contributed by atoms with E-state index in [2.05, 4.69) is 16.0 Å². The lowest BCUT2D eigenvalue weighted by molar-refractivity contribution is -0.143. The highest BCUT2D eigenvalue weighted by Gasteiger charge is 2.33. The van der Waals surface area contributed by atoms with Gasteiger partial charge in [0.2, 0.25) is 23.6 Å². The van der Waals surface area contributed by atoms with E-state index < -0.39 is 72.1 Å². The van der Waals surface area contributed by atoms with Crippen LogP contribution in [-0.2, 0) is 28.8 Å². The fraction of sp³-hybridized carbons (Fsp3) is 0.700. The molecule has 34 heavy (non-hydrogen) atoms. The van der Waals surface area contributed by atoms with Crippen molar-refractivity contribution in [3.8, 4) is 0 Å². The number of nitrogens with one attached hydrogen (secondary N) is 3. The lowest BCUT2D eigenvalue weighted by atomic mass is 9.97. The van der Waals surface area contributed by atoms with Crippen molar-refractivity contribution in [2.24, 2.45) is 17.4 Å². The van der Waals surface area contributed by atoms with Crippen molar-refractivity contribution in [3.63, 3.8) is 0 Å². The third kappa shape index (κ3) is 11.8. The summed E-state index contributed by atoms with van der Waals surface area (Å²) in [6.07, 6.45) is 1.26. The molecule has 0 aliphatic heterocycles. The van der Waals surface area contributed by atoms with Crippen molar-refractivity contribution in [2.45, 2.75) is 70.1 Å². The first-order chi connectivity index (χ1) is 15.8. The van der Waals surface area contributed by atoms with Gasteiger partial charge in [0, 0.05) is 6.42 Å². The Morgan fingerprint density at radius 3 is 1.97 bits per heavy atom. The standard InChI is InChI=1S/C20H35N5O8S/c1-4-10(2)16(19(31)23-12(20(32)33)7-8-34-3)25-18(30)13(9-14(22)26)24-17(29)11(21)5-6-15(27)28/h10-13,16H,4-9,21H2,1-3H3,(H2,22,26)(H,23,31)(H,24,29)(H,25,30)(H,27,28)(H,32,33). The highest BCUT2D eigenvalue weighted by atomic mass is 32.2. The smallest absolute Gasteiger partial charge is 0.326 e. The van der Waals surface area contributed by atoms with E-state index in [1.54, 1.807) is 20.1 Å². The molecule has 194 valence electrons. The van der Waals surface area contributed by atoms with Crippen molar-refractivity contribution >= 4 is 47.3 Å². The molecule has 0 rings (SSSR count). The first-order valence-electron chi connectivity index (χ1n) is 10.7. The van der Waals surface area contributed by atoms with Gasteiger partial charge in [-0.05, 0) is 30.8 Å². The van der Waals surface area contributed by atoms with Gasteiger partial charge in [0.1, 0.15) is 18.1 Å². The number of carbonyl (C=O) groups excluding carboxylic acids is 4. The topological polar surface area (TPSA) is 231 Å². The van der Waals surface area contributed by atoms with Crippen molar-refractivity contribution in [1.82, 2.24) is 16.0 Å². The minimum Gasteiger partial charge on any atom is -0.481 e. The molecular formula is C20H35N5O8S. The summed E-state index contributed by atoms with van der Waals surface area (Å²) in [7, 11) is 0. The number of thioether (sulfide) groups is 1. The molecule has 0 aliphatic carbocycles. The quantitative estimate of drug-likeness (QED) is 0.119. The first kappa shape index (κ1) is 31.1. The van der Waals surface area contributed by atoms with Crippen molar-refractivity contribution in [2.75, 3.05) is 12.0 Å². The SMILES string of the molecule is CCC(C)C(NC(=O)C(CC(N)=O)NC(=O)C(N)CCC(=O)O)C(=O)NC(CCSC)C(=O)O. The lowest BCUT2D eigenvalue weighted by Crippen LogP contribution is -2.59. The second-order valence-corrected chi connectivity index (χ2v) is 8.81. The number of primary amides is 1. The lowest BCUT2D eigenvalue weighted by Gasteiger charge is -2.27. The molecule has 0 saturated carbocycles. The molecule has 5 unspecified atom stereocenters. The maximum Gasteiger partial charge on any atom is 0.326 e. The van der Waals surface area contributed by atoms with Gasteiger partial charge in [-0.25, -0.2) is 4.79 Å². The second-order valence-electron chi connectivity index (χ2n) is 7.82. The Labute approximate surface area is 202 Å². The molecule has 0 aliphatic rings. The van der Waals surface area contributed by atoms with E-state index in [-0.39, 0.29) is 19.3 Å². The highest BCUT2D eigenvalue weighted by Crippen LogP contribution is 2.11. The predicted octanol–water partition coefficient (Wildman–Crippen LogP) is -1.61. The molecule has 9 N–H and O–H groups in total. The third-order valence-electron chi connectivity index (χ3n) is 5.06. The Balaban J connectivity index is 5.51. The van der Waals surface area contributed by atoms with Gasteiger partial charge in [-0.2, -0.15) is 11.8 Å². The number of hydrogen-bond donors (Lipinski definition) is 7. The minimum atomic E-state index is -1.47. The van der Waals surface area contributed by atoms with Gasteiger partial charge >= 0.3 is 11.9 Å². The summed E-state index contributed by atoms with van der Waals surface area (Å²) < 4.78 is 0. The molecular weight excluding hydrogens is 470 g/mol. The molecule has 0 heterocycles. The minimum absolute atomic E-state index is 0.179. The van der Waals surface area contributed by atoms with Crippen molar-refractivity contribution < 1.29 is 39.0 Å². The van der Waals surface area contributed by atoms with Gasteiger partial charge < -0.3 is 37.6 Å². The molecule has 0 spiro atoms. The summed E-state index contributed by atoms with van der Waals surface area (Å²) in [5.74, 6) is -5.69. The number of hydrogen-bond acceptors (Lipinski definition) is 8. The number of carboxylic acids is 2. The number of aliphatic carboxylic acids is 2. The summed E-state index contributed by atoms with van der Waals surface area (Å²) in [5, 5.41) is 25.2. The molecule has 0 bridgehead atoms. The maximum atomic E-state index is 12.9. The van der Waals surface area contributed by atoms with Crippen molar-refractivity contribution in [3.05, 3.63) is 0 Å². The van der Waals surface area contributed by atoms with Gasteiger partial charge in [-0.15, -0.1) is 0 Å². The van der Waals surface area contributed by atoms with E-state index in [0.29, 0.717) is 12.2 Å². The summed E-state index contributed by atoms with van der Waals surface area (Å²) in [6, 6.07) is -5.02. The van der Waals surface area contributed by atoms with Gasteiger partial charge in [-0.1, -0.05) is 20.3 Å². The summed E-state index contributed by atoms with van der Waals surface area (Å²) in [5.41, 5.74) is 10.8. The van der Waals surface area contributed by atoms with E-state index >= 15 is 0 Å². The van der Waals surface area contributed by atoms with E-state index in [0.717, 1.165) is 0 Å². The zero-order chi connectivity index (χ0) is 26.4. The van der Waals surface area contributed by atoms with Gasteiger partial charge in [-0.3, -0.25) is 24.0 Å². The summed E-state index contributed by atoms with van der Waals surface area (Å²) >= 11 is 1.42. The molecule has 0 saturated heterocycles. The van der Waals surface area contributed by atoms with Crippen LogP contribution < -0.4 is 27.4 Å². The third-order valence-corrected chi connectivity index (χ3v) is 5.71. The fourth-order valence-electron chi connectivity index (χ4n) is 2.81. The Kier molecular flexibility index (Phi) is 14.5. The predicted molar refractivity (Wildman–Crippen MR) is 125 cm³/mol. The van der Waals surface area contributed by atoms with Crippen LogP contribution in [0.25, 0.3) is 0 Å². The van der Waals surface area contributed by atoms with E-state index in [4.69, 9.17) is 16.6 Å². The van der Waals surface area contributed by atoms with Crippen LogP contribution in [0.1, 0.15) is 46.0 Å². The number of carboxylic acid groups (broad SMARTS) is 2. The summed E-state index contributed by atoms with van der Waals surface area (Å²) in [6.45, 7) is 3.44. The maximum absolute atomic E-state index is 12.9. The Bertz CT molecular complexity index is 750. The average Bonchev–Trinajstić information content (AvgIpc) is 2.76. The van der Waals surface area contributed by atoms with Crippen LogP contribution in [0.4, 0.5) is 0 Å². The first-order valence-corrected chi connectivity index (χ1v) is 12.1. The van der Waals surface area contributed by atoms with Crippen LogP contribution in [0.2, 0.25) is 0 Å². The summed E-state index contributed by atoms with van der Waals surface area (Å²) in [4.78, 5) is 71.6. The highest BCUT2D eigenvalue weighted by molar-refractivity contribution is 7.98. The fourth-order valence-corrected chi connectivity index (χ4v) is 3.28. The van der Waals surface area contributed by atoms with Gasteiger partial charge in [0.25, 0.3) is 0 Å². The molecule has 0 radical (unpaired) electrons. The van der Waals surface area contributed by atoms with E-state index in [1.807, 2.05) is 0 Å². The Morgan fingerprint density at radius 1 is 0.912 bits per heavy atom. The van der Waals surface area contributed by atoms with Crippen LogP contribution in [-0.4, -0.2) is 82.0 Å². The zero-order valence-corrected chi connectivity index (χ0v) is 20.4.